The van der Waals surface area contributed by atoms with E-state index in [9.17, 15) is 4.79 Å². The van der Waals surface area contributed by atoms with Crippen molar-refractivity contribution in [2.75, 3.05) is 12.0 Å². The summed E-state index contributed by atoms with van der Waals surface area (Å²) >= 11 is 3.20. The second kappa shape index (κ2) is 6.84. The van der Waals surface area contributed by atoms with Gasteiger partial charge in [-0.05, 0) is 35.9 Å². The minimum atomic E-state index is -0.330. The van der Waals surface area contributed by atoms with Gasteiger partial charge >= 0.3 is 0 Å². The zero-order valence-corrected chi connectivity index (χ0v) is 14.0. The van der Waals surface area contributed by atoms with Gasteiger partial charge in [-0.2, -0.15) is 4.68 Å². The molecular formula is C15H15N5OS2. The number of nitrogens with two attached hydrogens (primary N) is 1. The molecule has 3 N–H and O–H groups in total. The summed E-state index contributed by atoms with van der Waals surface area (Å²) in [4.78, 5) is 14.4. The summed E-state index contributed by atoms with van der Waals surface area (Å²) in [5.74, 6) is -0.102. The van der Waals surface area contributed by atoms with Crippen LogP contribution in [0.15, 0.2) is 46.7 Å². The van der Waals surface area contributed by atoms with Gasteiger partial charge in [-0.15, -0.1) is 28.2 Å². The largest absolute Gasteiger partial charge is 0.382 e. The molecule has 2 aromatic heterocycles. The summed E-state index contributed by atoms with van der Waals surface area (Å²) in [6.45, 7) is 0.449. The van der Waals surface area contributed by atoms with Gasteiger partial charge in [-0.3, -0.25) is 4.79 Å². The maximum atomic E-state index is 12.2. The van der Waals surface area contributed by atoms with E-state index >= 15 is 0 Å². The van der Waals surface area contributed by atoms with E-state index < -0.39 is 0 Å². The van der Waals surface area contributed by atoms with Gasteiger partial charge in [0.2, 0.25) is 0 Å². The van der Waals surface area contributed by atoms with Gasteiger partial charge < -0.3 is 11.1 Å². The summed E-state index contributed by atoms with van der Waals surface area (Å²) in [5.41, 5.74) is 6.96. The Labute approximate surface area is 141 Å². The molecule has 0 saturated carbocycles. The molecule has 1 aromatic carbocycles. The van der Waals surface area contributed by atoms with Crippen molar-refractivity contribution in [1.29, 1.82) is 0 Å². The van der Waals surface area contributed by atoms with Crippen LogP contribution in [-0.2, 0) is 6.54 Å². The fourth-order valence-electron chi connectivity index (χ4n) is 2.05. The molecule has 1 amide bonds. The summed E-state index contributed by atoms with van der Waals surface area (Å²) < 4.78 is 1.47. The number of anilines is 1. The Morgan fingerprint density at radius 2 is 2.26 bits per heavy atom. The normalized spacial score (nSPS) is 10.7. The molecule has 3 rings (SSSR count). The summed E-state index contributed by atoms with van der Waals surface area (Å²) in [7, 11) is 0. The molecule has 23 heavy (non-hydrogen) atoms. The third kappa shape index (κ3) is 3.38. The zero-order chi connectivity index (χ0) is 16.2. The van der Waals surface area contributed by atoms with Crippen LogP contribution in [0.25, 0.3) is 5.69 Å². The van der Waals surface area contributed by atoms with Crippen molar-refractivity contribution in [3.63, 3.8) is 0 Å². The molecule has 0 unspecified atom stereocenters. The molecule has 0 saturated heterocycles. The van der Waals surface area contributed by atoms with Crippen molar-refractivity contribution in [3.8, 4) is 5.69 Å². The van der Waals surface area contributed by atoms with Crippen LogP contribution in [0.5, 0.6) is 0 Å². The summed E-state index contributed by atoms with van der Waals surface area (Å²) in [6.07, 6.45) is 1.99. The molecule has 0 aliphatic heterocycles. The van der Waals surface area contributed by atoms with Crippen molar-refractivity contribution < 1.29 is 4.79 Å². The number of aromatic nitrogens is 3. The number of nitrogens with one attached hydrogen (secondary N) is 1. The summed E-state index contributed by atoms with van der Waals surface area (Å²) in [5, 5.41) is 12.7. The van der Waals surface area contributed by atoms with Crippen LogP contribution in [0.2, 0.25) is 0 Å². The Balaban J connectivity index is 1.79. The van der Waals surface area contributed by atoms with Crippen molar-refractivity contribution in [1.82, 2.24) is 20.3 Å². The van der Waals surface area contributed by atoms with Gasteiger partial charge in [0.05, 0.1) is 12.2 Å². The van der Waals surface area contributed by atoms with Crippen molar-refractivity contribution >= 4 is 34.8 Å². The number of hydrogen-bond donors (Lipinski definition) is 2. The second-order valence-electron chi connectivity index (χ2n) is 4.70. The van der Waals surface area contributed by atoms with E-state index in [1.54, 1.807) is 23.1 Å². The number of nitrogens with zero attached hydrogens (tertiary/aromatic N) is 3. The number of rotatable bonds is 5. The van der Waals surface area contributed by atoms with Crippen LogP contribution in [0.4, 0.5) is 5.82 Å². The number of carbonyl (C=O) groups excluding carboxylic acids is 1. The third-order valence-electron chi connectivity index (χ3n) is 3.22. The van der Waals surface area contributed by atoms with Crippen molar-refractivity contribution in [3.05, 3.63) is 52.3 Å². The predicted octanol–water partition coefficient (Wildman–Crippen LogP) is 2.56. The number of carbonyl (C=O) groups is 1. The van der Waals surface area contributed by atoms with Gasteiger partial charge in [-0.1, -0.05) is 17.3 Å². The molecule has 118 valence electrons. The van der Waals surface area contributed by atoms with E-state index in [1.807, 2.05) is 48.0 Å². The van der Waals surface area contributed by atoms with Crippen LogP contribution >= 0.6 is 23.1 Å². The molecule has 8 heteroatoms. The molecule has 0 aliphatic carbocycles. The first kappa shape index (κ1) is 15.6. The first-order valence-electron chi connectivity index (χ1n) is 6.85. The van der Waals surface area contributed by atoms with E-state index in [0.717, 1.165) is 15.5 Å². The average Bonchev–Trinajstić information content (AvgIpc) is 3.22. The highest BCUT2D eigenvalue weighted by Gasteiger charge is 2.18. The molecule has 0 fully saturated rings. The molecule has 0 aliphatic rings. The van der Waals surface area contributed by atoms with Gasteiger partial charge in [0.25, 0.3) is 5.91 Å². The van der Waals surface area contributed by atoms with E-state index in [0.29, 0.717) is 6.54 Å². The van der Waals surface area contributed by atoms with Gasteiger partial charge in [-0.25, -0.2) is 0 Å². The minimum Gasteiger partial charge on any atom is -0.382 e. The molecule has 0 radical (unpaired) electrons. The van der Waals surface area contributed by atoms with Crippen molar-refractivity contribution in [2.24, 2.45) is 0 Å². The smallest absolute Gasteiger partial charge is 0.276 e. The quantitative estimate of drug-likeness (QED) is 0.694. The Morgan fingerprint density at radius 3 is 3.00 bits per heavy atom. The van der Waals surface area contributed by atoms with Crippen LogP contribution in [-0.4, -0.2) is 27.2 Å². The summed E-state index contributed by atoms with van der Waals surface area (Å²) in [6, 6.07) is 11.6. The van der Waals surface area contributed by atoms with Crippen LogP contribution in [0, 0.1) is 0 Å². The Bertz CT molecular complexity index is 813. The zero-order valence-electron chi connectivity index (χ0n) is 12.4. The fourth-order valence-corrected chi connectivity index (χ4v) is 3.15. The van der Waals surface area contributed by atoms with Crippen LogP contribution in [0.1, 0.15) is 15.4 Å². The monoisotopic (exact) mass is 345 g/mol. The third-order valence-corrected chi connectivity index (χ3v) is 4.82. The first-order chi connectivity index (χ1) is 11.2. The molecule has 2 heterocycles. The standard InChI is InChI=1S/C15H15N5OS2/c1-22-11-5-2-4-10(8-11)20-14(16)13(18-19-20)15(21)17-9-12-6-3-7-23-12/h2-8H,9,16H2,1H3,(H,17,21). The van der Waals surface area contributed by atoms with E-state index in [1.165, 1.54) is 4.68 Å². The Hall–Kier alpha value is -2.32. The van der Waals surface area contributed by atoms with Crippen molar-refractivity contribution in [2.45, 2.75) is 11.4 Å². The van der Waals surface area contributed by atoms with Gasteiger partial charge in [0, 0.05) is 9.77 Å². The fraction of sp³-hybridized carbons (Fsp3) is 0.133. The molecule has 3 aromatic rings. The maximum absolute atomic E-state index is 12.2. The van der Waals surface area contributed by atoms with Gasteiger partial charge in [0.15, 0.2) is 11.5 Å². The van der Waals surface area contributed by atoms with E-state index in [2.05, 4.69) is 15.6 Å². The Morgan fingerprint density at radius 1 is 1.39 bits per heavy atom. The lowest BCUT2D eigenvalue weighted by Crippen LogP contribution is -2.23. The second-order valence-corrected chi connectivity index (χ2v) is 6.61. The topological polar surface area (TPSA) is 85.8 Å². The maximum Gasteiger partial charge on any atom is 0.276 e. The number of amides is 1. The minimum absolute atomic E-state index is 0.135. The Kier molecular flexibility index (Phi) is 4.63. The highest BCUT2D eigenvalue weighted by atomic mass is 32.2. The lowest BCUT2D eigenvalue weighted by atomic mass is 10.3. The molecule has 0 atom stereocenters. The van der Waals surface area contributed by atoms with E-state index in [-0.39, 0.29) is 17.4 Å². The predicted molar refractivity (Wildman–Crippen MR) is 93.0 cm³/mol. The SMILES string of the molecule is CSc1cccc(-n2nnc(C(=O)NCc3cccs3)c2N)c1. The molecular weight excluding hydrogens is 330 g/mol. The molecule has 6 nitrogen and oxygen atoms in total. The molecule has 0 bridgehead atoms. The van der Waals surface area contributed by atoms with Crippen LogP contribution < -0.4 is 11.1 Å². The van der Waals surface area contributed by atoms with Crippen LogP contribution in [0.3, 0.4) is 0 Å². The first-order valence-corrected chi connectivity index (χ1v) is 8.95. The van der Waals surface area contributed by atoms with Gasteiger partial charge in [0.1, 0.15) is 0 Å². The lowest BCUT2D eigenvalue weighted by Gasteiger charge is -2.05. The number of thiophene rings is 1. The number of thioether (sulfide) groups is 1. The van der Waals surface area contributed by atoms with E-state index in [4.69, 9.17) is 5.73 Å². The highest BCUT2D eigenvalue weighted by Crippen LogP contribution is 2.21. The number of benzene rings is 1. The number of nitrogen functional groups attached to an aromatic ring is 1. The lowest BCUT2D eigenvalue weighted by molar-refractivity contribution is 0.0947. The number of hydrogen-bond acceptors (Lipinski definition) is 6. The highest BCUT2D eigenvalue weighted by molar-refractivity contribution is 7.98. The average molecular weight is 345 g/mol. The molecule has 0 spiro atoms.